The van der Waals surface area contributed by atoms with Gasteiger partial charge in [-0.05, 0) is 51.3 Å². The summed E-state index contributed by atoms with van der Waals surface area (Å²) in [5, 5.41) is 7.53. The summed E-state index contributed by atoms with van der Waals surface area (Å²) in [6, 6.07) is 8.29. The number of carbonyl (C=O) groups excluding carboxylic acids is 2. The molecule has 0 spiro atoms. The van der Waals surface area contributed by atoms with Crippen LogP contribution in [0.2, 0.25) is 0 Å². The van der Waals surface area contributed by atoms with E-state index >= 15 is 0 Å². The molecular weight excluding hydrogens is 404 g/mol. The van der Waals surface area contributed by atoms with Gasteiger partial charge in [-0.25, -0.2) is 0 Å². The molecule has 7 heteroatoms. The van der Waals surface area contributed by atoms with Gasteiger partial charge in [-0.15, -0.1) is 0 Å². The monoisotopic (exact) mass is 440 g/mol. The van der Waals surface area contributed by atoms with E-state index in [4.69, 9.17) is 4.84 Å². The molecule has 0 saturated carbocycles. The van der Waals surface area contributed by atoms with Gasteiger partial charge in [0.15, 0.2) is 0 Å². The zero-order valence-corrected chi connectivity index (χ0v) is 19.4. The molecule has 1 aromatic rings. The second kappa shape index (κ2) is 10.0. The van der Waals surface area contributed by atoms with Crippen LogP contribution in [0.1, 0.15) is 56.6 Å². The van der Waals surface area contributed by atoms with Gasteiger partial charge < -0.3 is 20.0 Å². The fraction of sp³-hybridized carbons (Fsp3) is 0.640. The van der Waals surface area contributed by atoms with Crippen LogP contribution in [0.4, 0.5) is 0 Å². The summed E-state index contributed by atoms with van der Waals surface area (Å²) >= 11 is 0. The number of nitrogens with zero attached hydrogens (tertiary/aromatic N) is 3. The number of oxime groups is 1. The van der Waals surface area contributed by atoms with Crippen LogP contribution in [0.15, 0.2) is 29.4 Å². The maximum Gasteiger partial charge on any atom is 0.228 e. The van der Waals surface area contributed by atoms with Crippen molar-refractivity contribution in [3.63, 3.8) is 0 Å². The smallest absolute Gasteiger partial charge is 0.228 e. The van der Waals surface area contributed by atoms with Gasteiger partial charge in [0.1, 0.15) is 6.10 Å². The Bertz CT molecular complexity index is 847. The van der Waals surface area contributed by atoms with E-state index in [0.29, 0.717) is 25.9 Å². The van der Waals surface area contributed by atoms with E-state index in [2.05, 4.69) is 46.6 Å². The third-order valence-corrected chi connectivity index (χ3v) is 7.15. The van der Waals surface area contributed by atoms with E-state index in [1.165, 1.54) is 18.4 Å². The Morgan fingerprint density at radius 3 is 2.62 bits per heavy atom. The molecule has 0 unspecified atom stereocenters. The average molecular weight is 441 g/mol. The lowest BCUT2D eigenvalue weighted by Gasteiger charge is -2.42. The van der Waals surface area contributed by atoms with E-state index in [-0.39, 0.29) is 17.9 Å². The second-order valence-corrected chi connectivity index (χ2v) is 9.67. The molecule has 0 aromatic heterocycles. The van der Waals surface area contributed by atoms with Crippen LogP contribution in [-0.2, 0) is 14.4 Å². The van der Waals surface area contributed by atoms with Crippen LogP contribution < -0.4 is 5.32 Å². The van der Waals surface area contributed by atoms with Crippen LogP contribution in [0, 0.1) is 12.3 Å². The average Bonchev–Trinajstić information content (AvgIpc) is 3.47. The van der Waals surface area contributed by atoms with E-state index < -0.39 is 5.41 Å². The second-order valence-electron chi connectivity index (χ2n) is 9.67. The number of likely N-dealkylation sites (tertiary alicyclic amines) is 2. The van der Waals surface area contributed by atoms with Crippen LogP contribution in [0.3, 0.4) is 0 Å². The Balaban J connectivity index is 1.41. The normalized spacial score (nSPS) is 26.0. The number of amides is 2. The number of carbonyl (C=O) groups is 2. The molecule has 4 rings (SSSR count). The van der Waals surface area contributed by atoms with E-state index in [1.54, 1.807) is 6.92 Å². The van der Waals surface area contributed by atoms with Crippen molar-refractivity contribution in [2.24, 2.45) is 10.6 Å². The van der Waals surface area contributed by atoms with Crippen LogP contribution in [0.5, 0.6) is 0 Å². The Morgan fingerprint density at radius 2 is 1.91 bits per heavy atom. The maximum atomic E-state index is 13.5. The Kier molecular flexibility index (Phi) is 7.13. The third-order valence-electron chi connectivity index (χ3n) is 7.15. The van der Waals surface area contributed by atoms with E-state index in [0.717, 1.165) is 50.3 Å². The summed E-state index contributed by atoms with van der Waals surface area (Å²) in [7, 11) is 0. The van der Waals surface area contributed by atoms with Gasteiger partial charge in [0.05, 0.1) is 11.1 Å². The minimum atomic E-state index is -0.627. The zero-order valence-electron chi connectivity index (χ0n) is 19.4. The summed E-state index contributed by atoms with van der Waals surface area (Å²) in [6.07, 6.45) is 5.20. The van der Waals surface area contributed by atoms with Crippen molar-refractivity contribution < 1.29 is 14.4 Å². The highest BCUT2D eigenvalue weighted by Gasteiger charge is 2.46. The highest BCUT2D eigenvalue weighted by molar-refractivity contribution is 6.01. The highest BCUT2D eigenvalue weighted by atomic mass is 16.6. The number of hydrogen-bond acceptors (Lipinski definition) is 5. The molecule has 1 aromatic carbocycles. The minimum Gasteiger partial charge on any atom is -0.392 e. The predicted octanol–water partition coefficient (Wildman–Crippen LogP) is 2.72. The number of piperidine rings is 1. The molecule has 0 bridgehead atoms. The first-order valence-corrected chi connectivity index (χ1v) is 12.0. The molecule has 1 N–H and O–H groups in total. The number of nitrogens with one attached hydrogen (secondary N) is 1. The third kappa shape index (κ3) is 5.31. The molecule has 3 aliphatic heterocycles. The summed E-state index contributed by atoms with van der Waals surface area (Å²) < 4.78 is 0. The summed E-state index contributed by atoms with van der Waals surface area (Å²) in [5.74, 6) is 0.0814. The maximum absolute atomic E-state index is 13.5. The first-order chi connectivity index (χ1) is 15.4. The van der Waals surface area contributed by atoms with Gasteiger partial charge in [0, 0.05) is 45.9 Å². The molecule has 2 saturated heterocycles. The van der Waals surface area contributed by atoms with Gasteiger partial charge in [-0.2, -0.15) is 0 Å². The number of rotatable bonds is 7. The van der Waals surface area contributed by atoms with Crippen molar-refractivity contribution in [1.82, 2.24) is 15.1 Å². The standard InChI is InChI=1S/C25H36N4O3/c1-19-6-8-21(9-7-19)23-16-22(32-27-23)17-25(10-5-14-29(18-25)20(2)30)24(31)26-11-15-28-12-3-4-13-28/h6-9,22H,3-5,10-18H2,1-2H3,(H,26,31)/t22-,25-/m0/s1. The van der Waals surface area contributed by atoms with Gasteiger partial charge >= 0.3 is 0 Å². The molecule has 0 aliphatic carbocycles. The van der Waals surface area contributed by atoms with E-state index in [1.807, 2.05) is 4.90 Å². The fourth-order valence-corrected chi connectivity index (χ4v) is 5.26. The van der Waals surface area contributed by atoms with Crippen molar-refractivity contribution in [3.8, 4) is 0 Å². The van der Waals surface area contributed by atoms with Crippen molar-refractivity contribution >= 4 is 17.5 Å². The van der Waals surface area contributed by atoms with E-state index in [9.17, 15) is 9.59 Å². The SMILES string of the molecule is CC(=O)N1CCC[C@@](C[C@@H]2CC(c3ccc(C)cc3)=NO2)(C(=O)NCCN2CCCC2)C1. The molecule has 0 radical (unpaired) electrons. The van der Waals surface area contributed by atoms with Crippen LogP contribution in [-0.4, -0.2) is 72.7 Å². The number of hydrogen-bond donors (Lipinski definition) is 1. The first kappa shape index (κ1) is 22.8. The van der Waals surface area contributed by atoms with Crippen molar-refractivity contribution in [3.05, 3.63) is 35.4 Å². The Labute approximate surface area is 191 Å². The summed E-state index contributed by atoms with van der Waals surface area (Å²) in [4.78, 5) is 35.6. The van der Waals surface area contributed by atoms with Gasteiger partial charge in [0.2, 0.25) is 11.8 Å². The number of benzene rings is 1. The highest BCUT2D eigenvalue weighted by Crippen LogP contribution is 2.38. The molecule has 3 aliphatic rings. The molecular formula is C25H36N4O3. The van der Waals surface area contributed by atoms with Gasteiger partial charge in [0.25, 0.3) is 0 Å². The lowest BCUT2D eigenvalue weighted by atomic mass is 9.74. The van der Waals surface area contributed by atoms with Gasteiger partial charge in [-0.1, -0.05) is 35.0 Å². The lowest BCUT2D eigenvalue weighted by Crippen LogP contribution is -2.55. The minimum absolute atomic E-state index is 0.0304. The molecule has 7 nitrogen and oxygen atoms in total. The first-order valence-electron chi connectivity index (χ1n) is 12.0. The molecule has 2 amide bonds. The van der Waals surface area contributed by atoms with Crippen LogP contribution >= 0.6 is 0 Å². The molecule has 2 fully saturated rings. The largest absolute Gasteiger partial charge is 0.392 e. The molecule has 174 valence electrons. The zero-order chi connectivity index (χ0) is 22.6. The number of aryl methyl sites for hydroxylation is 1. The molecule has 32 heavy (non-hydrogen) atoms. The molecule has 3 heterocycles. The Hall–Kier alpha value is -2.41. The quantitative estimate of drug-likeness (QED) is 0.708. The van der Waals surface area contributed by atoms with Crippen molar-refractivity contribution in [2.75, 3.05) is 39.3 Å². The summed E-state index contributed by atoms with van der Waals surface area (Å²) in [6.45, 7) is 8.60. The topological polar surface area (TPSA) is 74.2 Å². The van der Waals surface area contributed by atoms with Crippen LogP contribution in [0.25, 0.3) is 0 Å². The lowest BCUT2D eigenvalue weighted by molar-refractivity contribution is -0.143. The van der Waals surface area contributed by atoms with Crippen molar-refractivity contribution in [2.45, 2.75) is 58.5 Å². The van der Waals surface area contributed by atoms with Crippen molar-refractivity contribution in [1.29, 1.82) is 0 Å². The fourth-order valence-electron chi connectivity index (χ4n) is 5.26. The Morgan fingerprint density at radius 1 is 1.16 bits per heavy atom. The molecule has 2 atom stereocenters. The predicted molar refractivity (Wildman–Crippen MR) is 124 cm³/mol. The summed E-state index contributed by atoms with van der Waals surface area (Å²) in [5.41, 5.74) is 2.58. The van der Waals surface area contributed by atoms with Gasteiger partial charge in [-0.3, -0.25) is 9.59 Å².